The number of rotatable bonds is 18. The first-order valence-corrected chi connectivity index (χ1v) is 14.8. The first-order valence-electron chi connectivity index (χ1n) is 13.0. The molecule has 192 valence electrons. The van der Waals surface area contributed by atoms with E-state index in [1.54, 1.807) is 0 Å². The molecule has 0 aliphatic carbocycles. The molecule has 1 aromatic rings. The first-order chi connectivity index (χ1) is 15.6. The van der Waals surface area contributed by atoms with Crippen LogP contribution in [-0.4, -0.2) is 39.8 Å². The van der Waals surface area contributed by atoms with E-state index < -0.39 is 8.80 Å². The topological polar surface area (TPSA) is 46.2 Å². The smallest absolute Gasteiger partial charge is 0.488 e. The minimum absolute atomic E-state index is 0.332. The Kier molecular flexibility index (Phi) is 13.0. The molecule has 0 unspecified atom stereocenters. The van der Waals surface area contributed by atoms with Gasteiger partial charge >= 0.3 is 8.80 Å². The largest absolute Gasteiger partial charge is 0.544 e. The lowest BCUT2D eigenvalue weighted by Gasteiger charge is -2.36. The summed E-state index contributed by atoms with van der Waals surface area (Å²) in [5, 5.41) is 0.828. The minimum atomic E-state index is -3.32. The summed E-state index contributed by atoms with van der Waals surface area (Å²) in [6.45, 7) is 20.9. The summed E-state index contributed by atoms with van der Waals surface area (Å²) in [6.07, 6.45) is 6.58. The van der Waals surface area contributed by atoms with Crippen molar-refractivity contribution < 1.29 is 22.8 Å². The Morgan fingerprint density at radius 3 is 1.27 bits per heavy atom. The van der Waals surface area contributed by atoms with Gasteiger partial charge in [-0.1, -0.05) is 53.5 Å². The first kappa shape index (κ1) is 29.9. The highest BCUT2D eigenvalue weighted by atomic mass is 28.4. The zero-order valence-corrected chi connectivity index (χ0v) is 23.8. The normalized spacial score (nSPS) is 12.8. The van der Waals surface area contributed by atoms with Crippen LogP contribution in [-0.2, 0) is 13.3 Å². The number of hydrogen-bond acceptors (Lipinski definition) is 5. The predicted molar refractivity (Wildman–Crippen MR) is 140 cm³/mol. The van der Waals surface area contributed by atoms with E-state index in [1.807, 2.05) is 18.2 Å². The molecule has 0 radical (unpaired) electrons. The molecule has 1 aromatic carbocycles. The maximum Gasteiger partial charge on any atom is 0.544 e. The van der Waals surface area contributed by atoms with E-state index in [9.17, 15) is 0 Å². The van der Waals surface area contributed by atoms with Crippen LogP contribution in [0.3, 0.4) is 0 Å². The average Bonchev–Trinajstić information content (AvgIpc) is 2.73. The number of hydrogen-bond donors (Lipinski definition) is 0. The molecule has 6 heteroatoms. The zero-order chi connectivity index (χ0) is 25.0. The van der Waals surface area contributed by atoms with E-state index in [2.05, 4.69) is 62.3 Å². The van der Waals surface area contributed by atoms with Crippen molar-refractivity contribution in [2.24, 2.45) is 0 Å². The molecule has 5 nitrogen and oxygen atoms in total. The van der Waals surface area contributed by atoms with Gasteiger partial charge in [-0.25, -0.2) is 0 Å². The lowest BCUT2D eigenvalue weighted by Crippen LogP contribution is -2.59. The molecule has 33 heavy (non-hydrogen) atoms. The molecule has 0 aliphatic rings. The third kappa shape index (κ3) is 9.59. The fraction of sp³-hybridized carbons (Fsp3) is 0.778. The van der Waals surface area contributed by atoms with Crippen LogP contribution < -0.4 is 14.7 Å². The van der Waals surface area contributed by atoms with Crippen LogP contribution in [0.4, 0.5) is 0 Å². The molecule has 0 amide bonds. The molecule has 0 aliphatic heterocycles. The molecular formula is C27H50O5Si. The van der Waals surface area contributed by atoms with Crippen molar-refractivity contribution in [3.8, 4) is 11.5 Å². The van der Waals surface area contributed by atoms with Crippen molar-refractivity contribution in [2.75, 3.05) is 19.8 Å². The van der Waals surface area contributed by atoms with Gasteiger partial charge in [-0.15, -0.1) is 0 Å². The Morgan fingerprint density at radius 2 is 0.970 bits per heavy atom. The van der Waals surface area contributed by atoms with E-state index in [1.165, 1.54) is 0 Å². The molecule has 0 spiro atoms. The van der Waals surface area contributed by atoms with Crippen LogP contribution >= 0.6 is 0 Å². The van der Waals surface area contributed by atoms with E-state index in [-0.39, 0.29) is 11.2 Å². The number of ether oxygens (including phenoxy) is 2. The molecule has 0 N–H and O–H groups in total. The quantitative estimate of drug-likeness (QED) is 0.210. The Balaban J connectivity index is 3.74. The second kappa shape index (κ2) is 14.3. The molecule has 0 saturated heterocycles. The van der Waals surface area contributed by atoms with Crippen LogP contribution in [0.2, 0.25) is 0 Å². The molecule has 0 bridgehead atoms. The van der Waals surface area contributed by atoms with Crippen LogP contribution in [0.15, 0.2) is 18.2 Å². The van der Waals surface area contributed by atoms with Crippen LogP contribution in [0.5, 0.6) is 11.5 Å². The SMILES string of the molecule is CCCO[Si](OCCC)(OCCC)c1c(OC(C)(C)CCC)cccc1OC(C)(C)CCC. The van der Waals surface area contributed by atoms with Crippen molar-refractivity contribution in [3.05, 3.63) is 18.2 Å². The fourth-order valence-electron chi connectivity index (χ4n) is 3.94. The molecule has 0 saturated carbocycles. The molecule has 0 heterocycles. The summed E-state index contributed by atoms with van der Waals surface area (Å²) in [6, 6.07) is 6.01. The summed E-state index contributed by atoms with van der Waals surface area (Å²) in [7, 11) is -3.32. The van der Waals surface area contributed by atoms with E-state index in [0.29, 0.717) is 19.8 Å². The van der Waals surface area contributed by atoms with Gasteiger partial charge < -0.3 is 22.8 Å². The number of benzene rings is 1. The minimum Gasteiger partial charge on any atom is -0.488 e. The molecule has 0 fully saturated rings. The lowest BCUT2D eigenvalue weighted by molar-refractivity contribution is 0.0643. The molecule has 1 rings (SSSR count). The molecule has 0 atom stereocenters. The Bertz CT molecular complexity index is 614. The Morgan fingerprint density at radius 1 is 0.606 bits per heavy atom. The second-order valence-electron chi connectivity index (χ2n) is 9.95. The summed E-state index contributed by atoms with van der Waals surface area (Å²) in [5.41, 5.74) is -0.664. The molecule has 0 aromatic heterocycles. The van der Waals surface area contributed by atoms with Crippen molar-refractivity contribution in [3.63, 3.8) is 0 Å². The highest BCUT2D eigenvalue weighted by Crippen LogP contribution is 2.32. The average molecular weight is 483 g/mol. The van der Waals surface area contributed by atoms with Crippen molar-refractivity contribution >= 4 is 14.0 Å². The van der Waals surface area contributed by atoms with Crippen molar-refractivity contribution in [1.82, 2.24) is 0 Å². The van der Waals surface area contributed by atoms with Gasteiger partial charge in [-0.3, -0.25) is 0 Å². The van der Waals surface area contributed by atoms with Gasteiger partial charge in [0.05, 0.1) is 0 Å². The van der Waals surface area contributed by atoms with Gasteiger partial charge in [0.25, 0.3) is 0 Å². The standard InChI is InChI=1S/C27H50O5Si/c1-10-18-26(6,7)31-23-16-15-17-24(32-27(8,9)19-11-2)25(23)33(28-20-12-3,29-21-13-4)30-22-14-5/h15-17H,10-14,18-22H2,1-9H3. The van der Waals surface area contributed by atoms with E-state index >= 15 is 0 Å². The Hall–Kier alpha value is -1.08. The third-order valence-corrected chi connectivity index (χ3v) is 8.12. The van der Waals surface area contributed by atoms with Gasteiger partial charge in [-0.05, 0) is 71.9 Å². The van der Waals surface area contributed by atoms with Gasteiger partial charge in [-0.2, -0.15) is 0 Å². The van der Waals surface area contributed by atoms with Crippen LogP contribution in [0.1, 0.15) is 107 Å². The van der Waals surface area contributed by atoms with E-state index in [0.717, 1.165) is 61.6 Å². The maximum absolute atomic E-state index is 6.65. The predicted octanol–water partition coefficient (Wildman–Crippen LogP) is 7.03. The van der Waals surface area contributed by atoms with Gasteiger partial charge in [0.1, 0.15) is 27.9 Å². The monoisotopic (exact) mass is 482 g/mol. The van der Waals surface area contributed by atoms with Crippen molar-refractivity contribution in [1.29, 1.82) is 0 Å². The highest BCUT2D eigenvalue weighted by Gasteiger charge is 2.50. The van der Waals surface area contributed by atoms with Crippen LogP contribution in [0.25, 0.3) is 0 Å². The molecular weight excluding hydrogens is 432 g/mol. The van der Waals surface area contributed by atoms with E-state index in [4.69, 9.17) is 22.8 Å². The van der Waals surface area contributed by atoms with Gasteiger partial charge in [0, 0.05) is 19.8 Å². The summed E-state index contributed by atoms with van der Waals surface area (Å²) < 4.78 is 32.9. The highest BCUT2D eigenvalue weighted by molar-refractivity contribution is 6.77. The third-order valence-electron chi connectivity index (χ3n) is 5.26. The van der Waals surface area contributed by atoms with Gasteiger partial charge in [0.2, 0.25) is 0 Å². The zero-order valence-electron chi connectivity index (χ0n) is 22.8. The maximum atomic E-state index is 6.65. The summed E-state index contributed by atoms with van der Waals surface area (Å²) in [4.78, 5) is 0. The van der Waals surface area contributed by atoms with Crippen LogP contribution in [0, 0.1) is 0 Å². The summed E-state index contributed by atoms with van der Waals surface area (Å²) >= 11 is 0. The lowest BCUT2D eigenvalue weighted by atomic mass is 10.0. The summed E-state index contributed by atoms with van der Waals surface area (Å²) in [5.74, 6) is 1.49. The van der Waals surface area contributed by atoms with Crippen molar-refractivity contribution in [2.45, 2.75) is 118 Å². The van der Waals surface area contributed by atoms with Gasteiger partial charge in [0.15, 0.2) is 0 Å². The fourth-order valence-corrected chi connectivity index (χ4v) is 6.91. The Labute approximate surface area is 204 Å². The second-order valence-corrected chi connectivity index (χ2v) is 12.4.